The quantitative estimate of drug-likeness (QED) is 0.708. The zero-order chi connectivity index (χ0) is 15.4. The molecule has 1 aromatic heterocycles. The molecule has 21 heavy (non-hydrogen) atoms. The second-order valence-electron chi connectivity index (χ2n) is 5.03. The average molecular weight is 418 g/mol. The number of benzene rings is 1. The molecule has 0 saturated carbocycles. The van der Waals surface area contributed by atoms with Crippen LogP contribution in [0.3, 0.4) is 0 Å². The summed E-state index contributed by atoms with van der Waals surface area (Å²) in [5.41, 5.74) is 3.31. The summed E-state index contributed by atoms with van der Waals surface area (Å²) in [6.07, 6.45) is 0.849. The van der Waals surface area contributed by atoms with Crippen molar-refractivity contribution in [1.82, 2.24) is 15.1 Å². The Morgan fingerprint density at radius 1 is 1.38 bits per heavy atom. The van der Waals surface area contributed by atoms with Gasteiger partial charge in [0.05, 0.1) is 16.4 Å². The molecule has 0 aliphatic carbocycles. The fraction of sp³-hybridized carbons (Fsp3) is 0.438. The number of aryl methyl sites for hydroxylation is 2. The summed E-state index contributed by atoms with van der Waals surface area (Å²) >= 11 is 8.79. The molecule has 0 bridgehead atoms. The second kappa shape index (κ2) is 7.61. The molecule has 0 saturated heterocycles. The van der Waals surface area contributed by atoms with Gasteiger partial charge >= 0.3 is 0 Å². The Hall–Kier alpha value is -0.590. The number of aromatic nitrogens is 2. The summed E-state index contributed by atoms with van der Waals surface area (Å²) in [7, 11) is 0. The molecule has 2 aromatic rings. The lowest BCUT2D eigenvalue weighted by Crippen LogP contribution is -2.24. The molecule has 114 valence electrons. The molecular formula is C16H21ClIN3. The third kappa shape index (κ3) is 3.99. The zero-order valence-corrected chi connectivity index (χ0v) is 15.6. The van der Waals surface area contributed by atoms with E-state index in [9.17, 15) is 0 Å². The summed E-state index contributed by atoms with van der Waals surface area (Å²) in [4.78, 5) is 0. The van der Waals surface area contributed by atoms with Crippen molar-refractivity contribution in [3.63, 3.8) is 0 Å². The molecule has 1 aromatic carbocycles. The lowest BCUT2D eigenvalue weighted by Gasteiger charge is -2.19. The minimum atomic E-state index is 0.253. The Bertz CT molecular complexity index is 610. The molecule has 0 aliphatic rings. The average Bonchev–Trinajstić information content (AvgIpc) is 2.74. The molecule has 0 radical (unpaired) electrons. The summed E-state index contributed by atoms with van der Waals surface area (Å²) in [6.45, 7) is 7.96. The molecule has 0 spiro atoms. The van der Waals surface area contributed by atoms with E-state index in [1.54, 1.807) is 0 Å². The highest BCUT2D eigenvalue weighted by atomic mass is 127. The van der Waals surface area contributed by atoms with Gasteiger partial charge in [0.1, 0.15) is 0 Å². The van der Waals surface area contributed by atoms with Crippen molar-refractivity contribution in [2.45, 2.75) is 39.8 Å². The zero-order valence-electron chi connectivity index (χ0n) is 12.7. The Labute approximate surface area is 145 Å². The van der Waals surface area contributed by atoms with Gasteiger partial charge < -0.3 is 5.32 Å². The van der Waals surface area contributed by atoms with Crippen LogP contribution in [-0.4, -0.2) is 16.3 Å². The highest BCUT2D eigenvalue weighted by Gasteiger charge is 2.18. The monoisotopic (exact) mass is 417 g/mol. The predicted molar refractivity (Wildman–Crippen MR) is 96.9 cm³/mol. The molecule has 3 nitrogen and oxygen atoms in total. The van der Waals surface area contributed by atoms with Crippen molar-refractivity contribution >= 4 is 34.2 Å². The third-order valence-electron chi connectivity index (χ3n) is 3.55. The van der Waals surface area contributed by atoms with Gasteiger partial charge in [0, 0.05) is 22.6 Å². The van der Waals surface area contributed by atoms with Crippen LogP contribution in [-0.2, 0) is 13.0 Å². The summed E-state index contributed by atoms with van der Waals surface area (Å²) in [5, 5.41) is 8.86. The first kappa shape index (κ1) is 16.8. The number of nitrogens with one attached hydrogen (secondary N) is 1. The number of hydrogen-bond donors (Lipinski definition) is 1. The molecule has 0 aliphatic heterocycles. The standard InChI is InChI=1S/C16H21ClIN3/c1-4-19-14(12-7-6-8-13(18)9-12)10-15-16(17)11(3)20-21(15)5-2/h6-9,14,19H,4-5,10H2,1-3H3. The molecule has 2 rings (SSSR count). The lowest BCUT2D eigenvalue weighted by molar-refractivity contribution is 0.516. The first-order valence-corrected chi connectivity index (χ1v) is 8.73. The number of hydrogen-bond acceptors (Lipinski definition) is 2. The van der Waals surface area contributed by atoms with E-state index >= 15 is 0 Å². The fourth-order valence-electron chi connectivity index (χ4n) is 2.53. The van der Waals surface area contributed by atoms with Gasteiger partial charge in [0.15, 0.2) is 0 Å². The minimum absolute atomic E-state index is 0.253. The molecule has 1 atom stereocenters. The van der Waals surface area contributed by atoms with Gasteiger partial charge in [-0.3, -0.25) is 4.68 Å². The number of nitrogens with zero attached hydrogens (tertiary/aromatic N) is 2. The van der Waals surface area contributed by atoms with Crippen molar-refractivity contribution in [2.24, 2.45) is 0 Å². The van der Waals surface area contributed by atoms with Crippen LogP contribution in [0.25, 0.3) is 0 Å². The molecular weight excluding hydrogens is 397 g/mol. The maximum absolute atomic E-state index is 6.44. The van der Waals surface area contributed by atoms with E-state index in [0.29, 0.717) is 0 Å². The van der Waals surface area contributed by atoms with Crippen LogP contribution in [0.4, 0.5) is 0 Å². The van der Waals surface area contributed by atoms with Crippen LogP contribution in [0.5, 0.6) is 0 Å². The van der Waals surface area contributed by atoms with Crippen LogP contribution < -0.4 is 5.32 Å². The van der Waals surface area contributed by atoms with Crippen LogP contribution >= 0.6 is 34.2 Å². The third-order valence-corrected chi connectivity index (χ3v) is 4.71. The van der Waals surface area contributed by atoms with Gasteiger partial charge in [0.2, 0.25) is 0 Å². The van der Waals surface area contributed by atoms with Crippen molar-refractivity contribution in [3.8, 4) is 0 Å². The molecule has 0 fully saturated rings. The molecule has 0 amide bonds. The summed E-state index contributed by atoms with van der Waals surface area (Å²) in [5.74, 6) is 0. The van der Waals surface area contributed by atoms with Crippen molar-refractivity contribution in [2.75, 3.05) is 6.54 Å². The van der Waals surface area contributed by atoms with Crippen LogP contribution in [0.1, 0.15) is 36.8 Å². The SMILES string of the molecule is CCNC(Cc1c(Cl)c(C)nn1CC)c1cccc(I)c1. The highest BCUT2D eigenvalue weighted by Crippen LogP contribution is 2.26. The van der Waals surface area contributed by atoms with Gasteiger partial charge in [0.25, 0.3) is 0 Å². The molecule has 1 unspecified atom stereocenters. The van der Waals surface area contributed by atoms with Gasteiger partial charge in [-0.15, -0.1) is 0 Å². The van der Waals surface area contributed by atoms with E-state index in [1.807, 2.05) is 11.6 Å². The second-order valence-corrected chi connectivity index (χ2v) is 6.65. The van der Waals surface area contributed by atoms with E-state index < -0.39 is 0 Å². The summed E-state index contributed by atoms with van der Waals surface area (Å²) in [6, 6.07) is 8.86. The first-order valence-electron chi connectivity index (χ1n) is 7.27. The van der Waals surface area contributed by atoms with Crippen LogP contribution in [0.15, 0.2) is 24.3 Å². The Balaban J connectivity index is 2.32. The summed E-state index contributed by atoms with van der Waals surface area (Å²) < 4.78 is 3.26. The minimum Gasteiger partial charge on any atom is -0.310 e. The highest BCUT2D eigenvalue weighted by molar-refractivity contribution is 14.1. The lowest BCUT2D eigenvalue weighted by atomic mass is 10.0. The van der Waals surface area contributed by atoms with E-state index in [1.165, 1.54) is 9.13 Å². The van der Waals surface area contributed by atoms with E-state index in [2.05, 4.69) is 71.1 Å². The number of likely N-dealkylation sites (N-methyl/N-ethyl adjacent to an activating group) is 1. The van der Waals surface area contributed by atoms with Crippen LogP contribution in [0.2, 0.25) is 5.02 Å². The maximum atomic E-state index is 6.44. The molecule has 1 heterocycles. The van der Waals surface area contributed by atoms with E-state index in [0.717, 1.165) is 35.9 Å². The largest absolute Gasteiger partial charge is 0.310 e. The fourth-order valence-corrected chi connectivity index (χ4v) is 3.31. The van der Waals surface area contributed by atoms with Gasteiger partial charge in [-0.1, -0.05) is 30.7 Å². The van der Waals surface area contributed by atoms with Gasteiger partial charge in [-0.2, -0.15) is 5.10 Å². The van der Waals surface area contributed by atoms with Gasteiger partial charge in [-0.25, -0.2) is 0 Å². The Morgan fingerprint density at radius 3 is 2.76 bits per heavy atom. The van der Waals surface area contributed by atoms with Crippen LogP contribution in [0, 0.1) is 10.5 Å². The molecule has 1 N–H and O–H groups in total. The van der Waals surface area contributed by atoms with E-state index in [4.69, 9.17) is 11.6 Å². The number of halogens is 2. The predicted octanol–water partition coefficient (Wildman–Crippen LogP) is 4.36. The topological polar surface area (TPSA) is 29.9 Å². The Kier molecular flexibility index (Phi) is 6.08. The normalized spacial score (nSPS) is 12.6. The number of rotatable bonds is 6. The van der Waals surface area contributed by atoms with Crippen molar-refractivity contribution < 1.29 is 0 Å². The molecule has 5 heteroatoms. The van der Waals surface area contributed by atoms with Crippen molar-refractivity contribution in [1.29, 1.82) is 0 Å². The van der Waals surface area contributed by atoms with E-state index in [-0.39, 0.29) is 6.04 Å². The van der Waals surface area contributed by atoms with Gasteiger partial charge in [-0.05, 0) is 60.7 Å². The van der Waals surface area contributed by atoms with Crippen molar-refractivity contribution in [3.05, 3.63) is 49.8 Å². The maximum Gasteiger partial charge on any atom is 0.0847 e. The Morgan fingerprint density at radius 2 is 2.14 bits per heavy atom. The smallest absolute Gasteiger partial charge is 0.0847 e. The first-order chi connectivity index (χ1) is 10.1.